The summed E-state index contributed by atoms with van der Waals surface area (Å²) in [5, 5.41) is 8.10. The molecule has 0 saturated carbocycles. The Labute approximate surface area is 117 Å². The molecule has 0 bridgehead atoms. The Morgan fingerprint density at radius 1 is 1.32 bits per heavy atom. The summed E-state index contributed by atoms with van der Waals surface area (Å²) in [6.45, 7) is 8.28. The summed E-state index contributed by atoms with van der Waals surface area (Å²) < 4.78 is 7.79. The van der Waals surface area contributed by atoms with Gasteiger partial charge in [-0.1, -0.05) is 20.3 Å². The second-order valence-electron chi connectivity index (χ2n) is 5.03. The van der Waals surface area contributed by atoms with Crippen molar-refractivity contribution in [2.45, 2.75) is 58.6 Å². The van der Waals surface area contributed by atoms with Crippen LogP contribution in [-0.2, 0) is 18.2 Å². The molecule has 1 heterocycles. The van der Waals surface area contributed by atoms with E-state index in [0.717, 1.165) is 44.5 Å². The van der Waals surface area contributed by atoms with Crippen LogP contribution in [0, 0.1) is 0 Å². The number of hydrogen-bond donors (Lipinski definition) is 1. The predicted octanol–water partition coefficient (Wildman–Crippen LogP) is 2.54. The zero-order valence-electron chi connectivity index (χ0n) is 12.9. The van der Waals surface area contributed by atoms with E-state index in [1.54, 1.807) is 0 Å². The molecular weight excluding hydrogens is 238 g/mol. The third-order valence-corrected chi connectivity index (χ3v) is 3.26. The maximum Gasteiger partial charge on any atom is 0.0731 e. The van der Waals surface area contributed by atoms with Crippen LogP contribution in [0.25, 0.3) is 0 Å². The van der Waals surface area contributed by atoms with Crippen molar-refractivity contribution in [3.8, 4) is 0 Å². The highest BCUT2D eigenvalue weighted by molar-refractivity contribution is 5.02. The molecule has 1 N–H and O–H groups in total. The van der Waals surface area contributed by atoms with Crippen LogP contribution in [0.15, 0.2) is 12.3 Å². The van der Waals surface area contributed by atoms with E-state index in [1.165, 1.54) is 0 Å². The van der Waals surface area contributed by atoms with Gasteiger partial charge in [0.05, 0.1) is 11.8 Å². The van der Waals surface area contributed by atoms with Crippen LogP contribution in [0.4, 0.5) is 0 Å². The molecule has 0 aliphatic rings. The van der Waals surface area contributed by atoms with Crippen molar-refractivity contribution in [3.63, 3.8) is 0 Å². The lowest BCUT2D eigenvalue weighted by Crippen LogP contribution is -2.43. The van der Waals surface area contributed by atoms with Gasteiger partial charge in [-0.15, -0.1) is 0 Å². The summed E-state index contributed by atoms with van der Waals surface area (Å²) in [5.74, 6) is 0. The third-order valence-electron chi connectivity index (χ3n) is 3.26. The lowest BCUT2D eigenvalue weighted by molar-refractivity contribution is 0.0279. The summed E-state index contributed by atoms with van der Waals surface area (Å²) in [7, 11) is 1.96. The van der Waals surface area contributed by atoms with Crippen molar-refractivity contribution >= 4 is 0 Å². The van der Waals surface area contributed by atoms with E-state index < -0.39 is 0 Å². The molecule has 0 saturated heterocycles. The van der Waals surface area contributed by atoms with E-state index in [0.29, 0.717) is 6.04 Å². The molecule has 1 aromatic heterocycles. The monoisotopic (exact) mass is 267 g/mol. The molecular formula is C15H29N3O. The molecule has 1 aromatic rings. The molecule has 0 spiro atoms. The smallest absolute Gasteiger partial charge is 0.0731 e. The van der Waals surface area contributed by atoms with Crippen molar-refractivity contribution in [2.75, 3.05) is 13.2 Å². The van der Waals surface area contributed by atoms with E-state index in [4.69, 9.17) is 4.74 Å². The van der Waals surface area contributed by atoms with Gasteiger partial charge in [0.2, 0.25) is 0 Å². The topological polar surface area (TPSA) is 39.1 Å². The Morgan fingerprint density at radius 2 is 2.11 bits per heavy atom. The minimum atomic E-state index is 0.281. The third kappa shape index (κ3) is 5.74. The van der Waals surface area contributed by atoms with Gasteiger partial charge in [-0.05, 0) is 32.4 Å². The number of ether oxygens (including phenoxy) is 1. The van der Waals surface area contributed by atoms with Crippen LogP contribution in [0.3, 0.4) is 0 Å². The molecule has 0 aliphatic carbocycles. The Hall–Kier alpha value is -0.870. The van der Waals surface area contributed by atoms with Gasteiger partial charge in [-0.3, -0.25) is 4.68 Å². The number of nitrogens with zero attached hydrogens (tertiary/aromatic N) is 2. The Morgan fingerprint density at radius 3 is 2.63 bits per heavy atom. The van der Waals surface area contributed by atoms with Crippen molar-refractivity contribution in [2.24, 2.45) is 7.05 Å². The lowest BCUT2D eigenvalue weighted by Gasteiger charge is -2.27. The summed E-state index contributed by atoms with van der Waals surface area (Å²) in [4.78, 5) is 0. The molecule has 2 atom stereocenters. The maximum atomic E-state index is 5.92. The van der Waals surface area contributed by atoms with E-state index in [1.807, 2.05) is 17.9 Å². The lowest BCUT2D eigenvalue weighted by atomic mass is 10.0. The normalized spacial score (nSPS) is 14.5. The fraction of sp³-hybridized carbons (Fsp3) is 0.800. The molecule has 19 heavy (non-hydrogen) atoms. The number of hydrogen-bond acceptors (Lipinski definition) is 3. The zero-order valence-corrected chi connectivity index (χ0v) is 12.9. The minimum Gasteiger partial charge on any atom is -0.377 e. The number of rotatable bonds is 10. The van der Waals surface area contributed by atoms with Gasteiger partial charge in [0.15, 0.2) is 0 Å². The predicted molar refractivity (Wildman–Crippen MR) is 79.3 cm³/mol. The number of aryl methyl sites for hydroxylation is 1. The molecule has 110 valence electrons. The second kappa shape index (κ2) is 9.10. The quantitative estimate of drug-likeness (QED) is 0.708. The maximum absolute atomic E-state index is 5.92. The first kappa shape index (κ1) is 16.2. The molecule has 0 amide bonds. The van der Waals surface area contributed by atoms with E-state index in [9.17, 15) is 0 Å². The first-order chi connectivity index (χ1) is 9.21. The van der Waals surface area contributed by atoms with Gasteiger partial charge in [0.1, 0.15) is 0 Å². The van der Waals surface area contributed by atoms with Crippen LogP contribution >= 0.6 is 0 Å². The number of nitrogens with one attached hydrogen (secondary N) is 1. The number of aromatic nitrogens is 2. The van der Waals surface area contributed by atoms with Gasteiger partial charge in [-0.2, -0.15) is 5.10 Å². The summed E-state index contributed by atoms with van der Waals surface area (Å²) in [6.07, 6.45) is 6.61. The molecule has 4 heteroatoms. The molecule has 0 radical (unpaired) electrons. The van der Waals surface area contributed by atoms with Crippen LogP contribution in [0.5, 0.6) is 0 Å². The van der Waals surface area contributed by atoms with Crippen LogP contribution < -0.4 is 5.32 Å². The first-order valence-corrected chi connectivity index (χ1v) is 7.54. The summed E-state index contributed by atoms with van der Waals surface area (Å²) in [5.41, 5.74) is 1.14. The highest BCUT2D eigenvalue weighted by atomic mass is 16.5. The van der Waals surface area contributed by atoms with Gasteiger partial charge in [-0.25, -0.2) is 0 Å². The molecule has 0 aromatic carbocycles. The average Bonchev–Trinajstić information content (AvgIpc) is 2.80. The Balaban J connectivity index is 2.67. The molecule has 4 nitrogen and oxygen atoms in total. The van der Waals surface area contributed by atoms with Crippen LogP contribution in [0.2, 0.25) is 0 Å². The van der Waals surface area contributed by atoms with Crippen molar-refractivity contribution in [1.82, 2.24) is 15.1 Å². The SMILES string of the molecule is CCCNC(Cc1ccn(C)n1)C(CCC)OCC. The van der Waals surface area contributed by atoms with Gasteiger partial charge >= 0.3 is 0 Å². The standard InChI is InChI=1S/C15H29N3O/c1-5-8-15(19-7-3)14(16-10-6-2)12-13-9-11-18(4)17-13/h9,11,14-16H,5-8,10,12H2,1-4H3. The van der Waals surface area contributed by atoms with Gasteiger partial charge < -0.3 is 10.1 Å². The van der Waals surface area contributed by atoms with Crippen molar-refractivity contribution < 1.29 is 4.74 Å². The van der Waals surface area contributed by atoms with Crippen LogP contribution in [-0.4, -0.2) is 35.1 Å². The second-order valence-corrected chi connectivity index (χ2v) is 5.03. The largest absolute Gasteiger partial charge is 0.377 e. The first-order valence-electron chi connectivity index (χ1n) is 7.54. The zero-order chi connectivity index (χ0) is 14.1. The van der Waals surface area contributed by atoms with E-state index in [-0.39, 0.29) is 6.10 Å². The average molecular weight is 267 g/mol. The van der Waals surface area contributed by atoms with Gasteiger partial charge in [0.25, 0.3) is 0 Å². The fourth-order valence-corrected chi connectivity index (χ4v) is 2.36. The fourth-order valence-electron chi connectivity index (χ4n) is 2.36. The molecule has 0 fully saturated rings. The summed E-state index contributed by atoms with van der Waals surface area (Å²) in [6, 6.07) is 2.45. The van der Waals surface area contributed by atoms with Crippen molar-refractivity contribution in [3.05, 3.63) is 18.0 Å². The van der Waals surface area contributed by atoms with Gasteiger partial charge in [0, 0.05) is 32.3 Å². The van der Waals surface area contributed by atoms with E-state index in [2.05, 4.69) is 37.3 Å². The summed E-state index contributed by atoms with van der Waals surface area (Å²) >= 11 is 0. The Kier molecular flexibility index (Phi) is 7.75. The van der Waals surface area contributed by atoms with Crippen molar-refractivity contribution in [1.29, 1.82) is 0 Å². The highest BCUT2D eigenvalue weighted by Crippen LogP contribution is 2.12. The highest BCUT2D eigenvalue weighted by Gasteiger charge is 2.21. The minimum absolute atomic E-state index is 0.281. The molecule has 1 rings (SSSR count). The van der Waals surface area contributed by atoms with Crippen LogP contribution in [0.1, 0.15) is 45.7 Å². The Bertz CT molecular complexity index is 332. The van der Waals surface area contributed by atoms with E-state index >= 15 is 0 Å². The molecule has 2 unspecified atom stereocenters. The molecule has 0 aliphatic heterocycles.